The van der Waals surface area contributed by atoms with Crippen LogP contribution in [-0.4, -0.2) is 45.5 Å². The summed E-state index contributed by atoms with van der Waals surface area (Å²) in [4.78, 5) is 4.25. The smallest absolute Gasteiger partial charge is 0.193 e. The predicted molar refractivity (Wildman–Crippen MR) is 105 cm³/mol. The van der Waals surface area contributed by atoms with E-state index in [1.165, 1.54) is 0 Å². The zero-order valence-electron chi connectivity index (χ0n) is 14.1. The van der Waals surface area contributed by atoms with Gasteiger partial charge in [0.25, 0.3) is 0 Å². The fourth-order valence-corrected chi connectivity index (χ4v) is 1.69. The maximum absolute atomic E-state index is 5.83. The van der Waals surface area contributed by atoms with E-state index in [1.54, 1.807) is 7.11 Å². The molecule has 23 heavy (non-hydrogen) atoms. The molecule has 0 spiro atoms. The second kappa shape index (κ2) is 13.4. The second-order valence-electron chi connectivity index (χ2n) is 5.04. The molecule has 0 aliphatic heterocycles. The Labute approximate surface area is 155 Å². The molecule has 0 saturated carbocycles. The zero-order valence-corrected chi connectivity index (χ0v) is 16.4. The Morgan fingerprint density at radius 1 is 1.17 bits per heavy atom. The fourth-order valence-electron chi connectivity index (χ4n) is 1.69. The van der Waals surface area contributed by atoms with Gasteiger partial charge in [0.2, 0.25) is 0 Å². The summed E-state index contributed by atoms with van der Waals surface area (Å²) in [6, 6.07) is 7.63. The highest BCUT2D eigenvalue weighted by atomic mass is 127. The van der Waals surface area contributed by atoms with Crippen LogP contribution in [0.25, 0.3) is 0 Å². The van der Waals surface area contributed by atoms with Crippen LogP contribution in [0.15, 0.2) is 29.3 Å². The molecule has 0 saturated heterocycles. The van der Waals surface area contributed by atoms with E-state index < -0.39 is 0 Å². The van der Waals surface area contributed by atoms with E-state index in [9.17, 15) is 0 Å². The Balaban J connectivity index is 0.00000484. The number of anilines is 1. The molecule has 0 radical (unpaired) electrons. The van der Waals surface area contributed by atoms with Gasteiger partial charge in [-0.3, -0.25) is 4.99 Å². The zero-order chi connectivity index (χ0) is 16.2. The summed E-state index contributed by atoms with van der Waals surface area (Å²) < 4.78 is 15.8. The van der Waals surface area contributed by atoms with Gasteiger partial charge in [-0.25, -0.2) is 0 Å². The Morgan fingerprint density at radius 3 is 2.48 bits per heavy atom. The summed E-state index contributed by atoms with van der Waals surface area (Å²) in [5.74, 6) is 1.23. The summed E-state index contributed by atoms with van der Waals surface area (Å²) in [7, 11) is 1.65. The molecule has 132 valence electrons. The van der Waals surface area contributed by atoms with Crippen LogP contribution in [0.4, 0.5) is 5.69 Å². The lowest BCUT2D eigenvalue weighted by atomic mass is 10.3. The minimum atomic E-state index is 0. The van der Waals surface area contributed by atoms with Gasteiger partial charge in [0.1, 0.15) is 5.75 Å². The maximum Gasteiger partial charge on any atom is 0.193 e. The van der Waals surface area contributed by atoms with Gasteiger partial charge < -0.3 is 25.3 Å². The summed E-state index contributed by atoms with van der Waals surface area (Å²) in [6.45, 7) is 6.50. The number of hydrogen-bond acceptors (Lipinski definition) is 4. The van der Waals surface area contributed by atoms with Crippen LogP contribution in [0.2, 0.25) is 0 Å². The lowest BCUT2D eigenvalue weighted by Gasteiger charge is -2.11. The molecular formula is C16H28IN3O3. The van der Waals surface area contributed by atoms with Gasteiger partial charge in [-0.1, -0.05) is 0 Å². The van der Waals surface area contributed by atoms with Crippen LogP contribution >= 0.6 is 24.0 Å². The molecule has 0 aromatic heterocycles. The van der Waals surface area contributed by atoms with Crippen LogP contribution in [0.3, 0.4) is 0 Å². The number of nitrogens with zero attached hydrogens (tertiary/aromatic N) is 1. The van der Waals surface area contributed by atoms with E-state index in [2.05, 4.69) is 10.3 Å². The van der Waals surface area contributed by atoms with Gasteiger partial charge in [-0.2, -0.15) is 0 Å². The number of halogens is 1. The van der Waals surface area contributed by atoms with Crippen molar-refractivity contribution in [2.24, 2.45) is 10.7 Å². The molecule has 3 N–H and O–H groups in total. The number of methoxy groups -OCH3 is 1. The first kappa shape index (κ1) is 21.9. The predicted octanol–water partition coefficient (Wildman–Crippen LogP) is 2.87. The molecule has 0 unspecified atom stereocenters. The topological polar surface area (TPSA) is 78.1 Å². The van der Waals surface area contributed by atoms with Crippen LogP contribution in [0.1, 0.15) is 20.3 Å². The molecule has 0 atom stereocenters. The highest BCUT2D eigenvalue weighted by Crippen LogP contribution is 2.16. The molecule has 0 heterocycles. The first-order valence-electron chi connectivity index (χ1n) is 7.52. The van der Waals surface area contributed by atoms with Gasteiger partial charge in [-0.05, 0) is 44.5 Å². The molecular weight excluding hydrogens is 409 g/mol. The molecule has 0 bridgehead atoms. The van der Waals surface area contributed by atoms with Gasteiger partial charge >= 0.3 is 0 Å². The Hall–Kier alpha value is -1.06. The number of nitrogens with two attached hydrogens (primary N) is 1. The van der Waals surface area contributed by atoms with E-state index in [-0.39, 0.29) is 30.1 Å². The molecule has 1 aromatic carbocycles. The van der Waals surface area contributed by atoms with Crippen molar-refractivity contribution in [3.05, 3.63) is 24.3 Å². The van der Waals surface area contributed by atoms with Gasteiger partial charge in [0.15, 0.2) is 5.96 Å². The Bertz CT molecular complexity index is 439. The summed E-state index contributed by atoms with van der Waals surface area (Å²) in [6.07, 6.45) is 0.990. The summed E-state index contributed by atoms with van der Waals surface area (Å²) >= 11 is 0. The second-order valence-corrected chi connectivity index (χ2v) is 5.04. The molecule has 0 fully saturated rings. The molecule has 0 aliphatic rings. The van der Waals surface area contributed by atoms with E-state index in [4.69, 9.17) is 19.9 Å². The molecule has 6 nitrogen and oxygen atoms in total. The van der Waals surface area contributed by atoms with Gasteiger partial charge in [0.05, 0.1) is 19.3 Å². The number of nitrogens with one attached hydrogen (secondary N) is 1. The van der Waals surface area contributed by atoms with Crippen LogP contribution < -0.4 is 15.8 Å². The number of aliphatic imine (C=N–C) groups is 1. The Kier molecular flexibility index (Phi) is 12.8. The van der Waals surface area contributed by atoms with E-state index in [0.717, 1.165) is 17.9 Å². The standard InChI is InChI=1S/C16H27N3O3.HI/c1-13(2)22-15-7-5-14(6-8-15)19-16(17)18-9-4-10-21-12-11-20-3;/h5-8,13H,4,9-12H2,1-3H3,(H3,17,18,19);1H. The van der Waals surface area contributed by atoms with Crippen molar-refractivity contribution in [2.45, 2.75) is 26.4 Å². The number of rotatable bonds is 10. The average molecular weight is 437 g/mol. The molecule has 0 aliphatic carbocycles. The number of guanidine groups is 1. The fraction of sp³-hybridized carbons (Fsp3) is 0.562. The van der Waals surface area contributed by atoms with Crippen molar-refractivity contribution in [1.82, 2.24) is 0 Å². The van der Waals surface area contributed by atoms with Crippen molar-refractivity contribution in [3.63, 3.8) is 0 Å². The quantitative estimate of drug-likeness (QED) is 0.255. The maximum atomic E-state index is 5.83. The minimum absolute atomic E-state index is 0. The van der Waals surface area contributed by atoms with Crippen molar-refractivity contribution in [1.29, 1.82) is 0 Å². The molecule has 0 amide bonds. The van der Waals surface area contributed by atoms with Gasteiger partial charge in [-0.15, -0.1) is 24.0 Å². The highest BCUT2D eigenvalue weighted by molar-refractivity contribution is 14.0. The van der Waals surface area contributed by atoms with E-state index >= 15 is 0 Å². The monoisotopic (exact) mass is 437 g/mol. The number of hydrogen-bond donors (Lipinski definition) is 2. The van der Waals surface area contributed by atoms with E-state index in [0.29, 0.717) is 32.3 Å². The SMILES string of the molecule is COCCOCCCN=C(N)Nc1ccc(OC(C)C)cc1.I. The molecule has 7 heteroatoms. The number of benzene rings is 1. The third-order valence-electron chi connectivity index (χ3n) is 2.66. The third kappa shape index (κ3) is 11.2. The lowest BCUT2D eigenvalue weighted by molar-refractivity contribution is 0.0702. The van der Waals surface area contributed by atoms with Crippen LogP contribution in [0.5, 0.6) is 5.75 Å². The summed E-state index contributed by atoms with van der Waals surface area (Å²) in [5.41, 5.74) is 6.72. The first-order chi connectivity index (χ1) is 10.6. The van der Waals surface area contributed by atoms with Crippen LogP contribution in [-0.2, 0) is 9.47 Å². The highest BCUT2D eigenvalue weighted by Gasteiger charge is 1.99. The molecule has 1 aromatic rings. The van der Waals surface area contributed by atoms with Crippen molar-refractivity contribution in [3.8, 4) is 5.75 Å². The Morgan fingerprint density at radius 2 is 1.87 bits per heavy atom. The van der Waals surface area contributed by atoms with Crippen molar-refractivity contribution in [2.75, 3.05) is 38.8 Å². The van der Waals surface area contributed by atoms with Crippen LogP contribution in [0, 0.1) is 0 Å². The lowest BCUT2D eigenvalue weighted by Crippen LogP contribution is -2.23. The average Bonchev–Trinajstić information content (AvgIpc) is 2.48. The normalized spacial score (nSPS) is 11.2. The minimum Gasteiger partial charge on any atom is -0.491 e. The molecule has 1 rings (SSSR count). The first-order valence-corrected chi connectivity index (χ1v) is 7.52. The number of ether oxygens (including phenoxy) is 3. The third-order valence-corrected chi connectivity index (χ3v) is 2.66. The van der Waals surface area contributed by atoms with Crippen molar-refractivity contribution < 1.29 is 14.2 Å². The summed E-state index contributed by atoms with van der Waals surface area (Å²) in [5, 5.41) is 3.05. The van der Waals surface area contributed by atoms with Crippen molar-refractivity contribution >= 4 is 35.6 Å². The van der Waals surface area contributed by atoms with E-state index in [1.807, 2.05) is 38.1 Å². The largest absolute Gasteiger partial charge is 0.491 e. The van der Waals surface area contributed by atoms with Gasteiger partial charge in [0, 0.05) is 25.9 Å².